The lowest BCUT2D eigenvalue weighted by Gasteiger charge is -2.12. The van der Waals surface area contributed by atoms with E-state index in [2.05, 4.69) is 52.0 Å². The van der Waals surface area contributed by atoms with Crippen molar-refractivity contribution in [3.05, 3.63) is 54.1 Å². The van der Waals surface area contributed by atoms with Crippen molar-refractivity contribution in [3.63, 3.8) is 0 Å². The normalized spacial score (nSPS) is 12.0. The molecule has 0 heterocycles. The average molecular weight is 439 g/mol. The molecule has 1 atom stereocenters. The monoisotopic (exact) mass is 438 g/mol. The lowest BCUT2D eigenvalue weighted by Crippen LogP contribution is -2.10. The van der Waals surface area contributed by atoms with E-state index in [0.29, 0.717) is 18.9 Å². The van der Waals surface area contributed by atoms with E-state index < -0.39 is 0 Å². The van der Waals surface area contributed by atoms with Crippen molar-refractivity contribution in [1.29, 1.82) is 0 Å². The molecule has 2 rings (SSSR count). The number of unbranched alkanes of at least 4 members (excludes halogenated alkanes) is 3. The Bertz CT molecular complexity index is 762. The topological polar surface area (TPSA) is 35.5 Å². The van der Waals surface area contributed by atoms with Crippen LogP contribution in [-0.2, 0) is 16.1 Å². The summed E-state index contributed by atoms with van der Waals surface area (Å²) in [4.78, 5) is 12.1. The first-order valence-electron chi connectivity index (χ1n) is 12.5. The van der Waals surface area contributed by atoms with E-state index in [0.717, 1.165) is 47.8 Å². The fraction of sp³-hybridized carbons (Fsp3) is 0.552. The summed E-state index contributed by atoms with van der Waals surface area (Å²) in [6.45, 7) is 9.95. The maximum atomic E-state index is 12.1. The number of benzene rings is 2. The molecule has 0 amide bonds. The van der Waals surface area contributed by atoms with Crippen molar-refractivity contribution in [3.8, 4) is 16.9 Å². The van der Waals surface area contributed by atoms with Gasteiger partial charge in [-0.05, 0) is 47.1 Å². The summed E-state index contributed by atoms with van der Waals surface area (Å²) in [5.74, 6) is 1.93. The molecule has 0 aliphatic carbocycles. The molecule has 0 bridgehead atoms. The van der Waals surface area contributed by atoms with Gasteiger partial charge < -0.3 is 9.47 Å². The molecule has 0 aliphatic heterocycles. The molecule has 2 aromatic rings. The molecule has 3 heteroatoms. The first-order chi connectivity index (χ1) is 15.5. The van der Waals surface area contributed by atoms with Gasteiger partial charge in [0.05, 0.1) is 6.61 Å². The molecule has 176 valence electrons. The summed E-state index contributed by atoms with van der Waals surface area (Å²) < 4.78 is 11.3. The summed E-state index contributed by atoms with van der Waals surface area (Å²) in [7, 11) is 0. The Kier molecular flexibility index (Phi) is 11.9. The molecule has 0 saturated carbocycles. The quantitative estimate of drug-likeness (QED) is 0.208. The third-order valence-electron chi connectivity index (χ3n) is 5.80. The number of ether oxygens (including phenoxy) is 2. The maximum Gasteiger partial charge on any atom is 0.306 e. The summed E-state index contributed by atoms with van der Waals surface area (Å²) in [5, 5.41) is 0. The summed E-state index contributed by atoms with van der Waals surface area (Å²) in [6, 6.07) is 16.5. The summed E-state index contributed by atoms with van der Waals surface area (Å²) in [6.07, 6.45) is 8.85. The first-order valence-corrected chi connectivity index (χ1v) is 12.5. The third kappa shape index (κ3) is 10.3. The molecule has 2 aromatic carbocycles. The molecule has 0 aliphatic rings. The van der Waals surface area contributed by atoms with E-state index in [-0.39, 0.29) is 5.97 Å². The Morgan fingerprint density at radius 3 is 2.09 bits per heavy atom. The maximum absolute atomic E-state index is 12.1. The Morgan fingerprint density at radius 1 is 0.812 bits per heavy atom. The van der Waals surface area contributed by atoms with Gasteiger partial charge in [0.15, 0.2) is 0 Å². The van der Waals surface area contributed by atoms with Gasteiger partial charge in [0.2, 0.25) is 0 Å². The number of hydrogen-bond donors (Lipinski definition) is 0. The van der Waals surface area contributed by atoms with Gasteiger partial charge in [-0.1, -0.05) is 103 Å². The Balaban J connectivity index is 1.73. The molecular weight excluding hydrogens is 396 g/mol. The molecule has 0 spiro atoms. The van der Waals surface area contributed by atoms with E-state index in [1.54, 1.807) is 0 Å². The molecule has 0 radical (unpaired) electrons. The minimum absolute atomic E-state index is 0.101. The van der Waals surface area contributed by atoms with Crippen LogP contribution in [0.5, 0.6) is 5.75 Å². The van der Waals surface area contributed by atoms with Gasteiger partial charge in [-0.25, -0.2) is 0 Å². The largest absolute Gasteiger partial charge is 0.494 e. The van der Waals surface area contributed by atoms with Gasteiger partial charge >= 0.3 is 5.97 Å². The second-order valence-corrected chi connectivity index (χ2v) is 9.43. The number of esters is 1. The highest BCUT2D eigenvalue weighted by molar-refractivity contribution is 5.69. The summed E-state index contributed by atoms with van der Waals surface area (Å²) in [5.41, 5.74) is 3.32. The molecule has 0 fully saturated rings. The lowest BCUT2D eigenvalue weighted by atomic mass is 9.97. The SMILES string of the molecule is CCCCCCOc1ccc(-c2ccc(COC(=O)C[C@@H](C)CCCC(C)C)cc2)cc1. The molecule has 32 heavy (non-hydrogen) atoms. The fourth-order valence-corrected chi connectivity index (χ4v) is 3.74. The van der Waals surface area contributed by atoms with E-state index in [1.807, 2.05) is 24.3 Å². The minimum Gasteiger partial charge on any atom is -0.494 e. The van der Waals surface area contributed by atoms with E-state index in [1.165, 1.54) is 32.1 Å². The molecule has 3 nitrogen and oxygen atoms in total. The van der Waals surface area contributed by atoms with Gasteiger partial charge in [-0.3, -0.25) is 4.79 Å². The summed E-state index contributed by atoms with van der Waals surface area (Å²) >= 11 is 0. The zero-order valence-electron chi connectivity index (χ0n) is 20.6. The van der Waals surface area contributed by atoms with Crippen LogP contribution in [0, 0.1) is 11.8 Å². The van der Waals surface area contributed by atoms with Gasteiger partial charge in [0.25, 0.3) is 0 Å². The van der Waals surface area contributed by atoms with Crippen LogP contribution >= 0.6 is 0 Å². The van der Waals surface area contributed by atoms with Crippen LogP contribution in [0.15, 0.2) is 48.5 Å². The third-order valence-corrected chi connectivity index (χ3v) is 5.80. The van der Waals surface area contributed by atoms with Crippen molar-refractivity contribution in [2.24, 2.45) is 11.8 Å². The highest BCUT2D eigenvalue weighted by atomic mass is 16.5. The predicted molar refractivity (Wildman–Crippen MR) is 134 cm³/mol. The predicted octanol–water partition coefficient (Wildman–Crippen LogP) is 8.21. The van der Waals surface area contributed by atoms with E-state index in [4.69, 9.17) is 9.47 Å². The van der Waals surface area contributed by atoms with Gasteiger partial charge in [0, 0.05) is 6.42 Å². The number of rotatable bonds is 15. The van der Waals surface area contributed by atoms with Crippen LogP contribution in [0.1, 0.15) is 84.6 Å². The van der Waals surface area contributed by atoms with Gasteiger partial charge in [-0.2, -0.15) is 0 Å². The second kappa shape index (κ2) is 14.7. The highest BCUT2D eigenvalue weighted by Gasteiger charge is 2.11. The van der Waals surface area contributed by atoms with Crippen LogP contribution in [0.3, 0.4) is 0 Å². The molecule has 0 saturated heterocycles. The van der Waals surface area contributed by atoms with Crippen molar-refractivity contribution in [2.75, 3.05) is 6.61 Å². The first kappa shape index (κ1) is 26.0. The molecule has 0 aromatic heterocycles. The molecular formula is C29H42O3. The number of hydrogen-bond acceptors (Lipinski definition) is 3. The second-order valence-electron chi connectivity index (χ2n) is 9.43. The van der Waals surface area contributed by atoms with Crippen LogP contribution in [0.2, 0.25) is 0 Å². The lowest BCUT2D eigenvalue weighted by molar-refractivity contribution is -0.146. The van der Waals surface area contributed by atoms with Crippen molar-refractivity contribution < 1.29 is 14.3 Å². The zero-order valence-corrected chi connectivity index (χ0v) is 20.6. The fourth-order valence-electron chi connectivity index (χ4n) is 3.74. The molecule has 0 N–H and O–H groups in total. The zero-order chi connectivity index (χ0) is 23.2. The van der Waals surface area contributed by atoms with Crippen LogP contribution < -0.4 is 4.74 Å². The van der Waals surface area contributed by atoms with Gasteiger partial charge in [-0.15, -0.1) is 0 Å². The smallest absolute Gasteiger partial charge is 0.306 e. The minimum atomic E-state index is -0.101. The van der Waals surface area contributed by atoms with Crippen molar-refractivity contribution >= 4 is 5.97 Å². The van der Waals surface area contributed by atoms with Crippen LogP contribution in [-0.4, -0.2) is 12.6 Å². The van der Waals surface area contributed by atoms with Crippen molar-refractivity contribution in [2.45, 2.75) is 85.7 Å². The number of carbonyl (C=O) groups excluding carboxylic acids is 1. The highest BCUT2D eigenvalue weighted by Crippen LogP contribution is 2.23. The Morgan fingerprint density at radius 2 is 1.47 bits per heavy atom. The van der Waals surface area contributed by atoms with Crippen molar-refractivity contribution in [1.82, 2.24) is 0 Å². The van der Waals surface area contributed by atoms with Crippen LogP contribution in [0.4, 0.5) is 0 Å². The van der Waals surface area contributed by atoms with Crippen LogP contribution in [0.25, 0.3) is 11.1 Å². The standard InChI is InChI=1S/C29H42O3/c1-5-6-7-8-20-31-28-18-16-27(17-19-28)26-14-12-25(13-15-26)22-32-29(30)21-24(4)11-9-10-23(2)3/h12-19,23-24H,5-11,20-22H2,1-4H3/t24-/m0/s1. The molecule has 0 unspecified atom stereocenters. The average Bonchev–Trinajstić information content (AvgIpc) is 2.78. The Labute approximate surface area is 195 Å². The van der Waals surface area contributed by atoms with Gasteiger partial charge in [0.1, 0.15) is 12.4 Å². The Hall–Kier alpha value is -2.29. The van der Waals surface area contributed by atoms with E-state index in [9.17, 15) is 4.79 Å². The number of carbonyl (C=O) groups is 1. The van der Waals surface area contributed by atoms with E-state index >= 15 is 0 Å².